The molecular weight excluding hydrogens is 180 g/mol. The second kappa shape index (κ2) is 3.20. The number of benzene rings is 1. The van der Waals surface area contributed by atoms with Crippen LogP contribution in [0.4, 0.5) is 5.69 Å². The smallest absolute Gasteiger partial charge is 0.401 e. The van der Waals surface area contributed by atoms with Crippen molar-refractivity contribution in [3.63, 3.8) is 0 Å². The van der Waals surface area contributed by atoms with Crippen LogP contribution in [0, 0.1) is 5.39 Å². The second-order valence-electron chi connectivity index (χ2n) is 2.04. The van der Waals surface area contributed by atoms with Gasteiger partial charge in [0.15, 0.2) is 10.5 Å². The third-order valence-electron chi connectivity index (χ3n) is 1.31. The number of carbonyl (C=O) groups is 1. The van der Waals surface area contributed by atoms with Crippen molar-refractivity contribution >= 4 is 23.3 Å². The van der Waals surface area contributed by atoms with Gasteiger partial charge in [0, 0.05) is 6.07 Å². The topological polar surface area (TPSA) is 65.5 Å². The molecule has 0 spiro atoms. The molecule has 0 heterocycles. The zero-order valence-corrected chi connectivity index (χ0v) is 6.62. The molecule has 0 amide bonds. The van der Waals surface area contributed by atoms with E-state index in [1.165, 1.54) is 18.2 Å². The fourth-order valence-electron chi connectivity index (χ4n) is 0.808. The van der Waals surface area contributed by atoms with E-state index in [0.717, 1.165) is 0 Å². The van der Waals surface area contributed by atoms with Crippen molar-refractivity contribution in [2.45, 2.75) is 0 Å². The first-order valence-corrected chi connectivity index (χ1v) is 3.41. The van der Waals surface area contributed by atoms with Crippen LogP contribution in [0.3, 0.4) is 0 Å². The lowest BCUT2D eigenvalue weighted by Crippen LogP contribution is -1.96. The Labute approximate surface area is 73.0 Å². The number of carboxylic acid groups (broad SMARTS) is 1. The summed E-state index contributed by atoms with van der Waals surface area (Å²) in [7, 11) is 0. The highest BCUT2D eigenvalue weighted by atomic mass is 35.5. The first-order chi connectivity index (χ1) is 5.66. The van der Waals surface area contributed by atoms with Crippen LogP contribution in [0.25, 0.3) is 4.98 Å². The van der Waals surface area contributed by atoms with Gasteiger partial charge in [-0.25, -0.2) is 4.79 Å². The van der Waals surface area contributed by atoms with Gasteiger partial charge in [0.05, 0.1) is 5.02 Å². The molecule has 0 saturated heterocycles. The molecule has 0 aliphatic rings. The quantitative estimate of drug-likeness (QED) is 0.681. The molecule has 1 N–H and O–H groups in total. The second-order valence-corrected chi connectivity index (χ2v) is 2.45. The molecule has 0 aromatic heterocycles. The van der Waals surface area contributed by atoms with Gasteiger partial charge in [-0.3, -0.25) is 0 Å². The van der Waals surface area contributed by atoms with E-state index in [0.29, 0.717) is 0 Å². The van der Waals surface area contributed by atoms with E-state index < -0.39 is 5.97 Å². The summed E-state index contributed by atoms with van der Waals surface area (Å²) in [6.45, 7) is 0. The molecule has 0 aliphatic carbocycles. The first-order valence-electron chi connectivity index (χ1n) is 3.03. The molecule has 0 atom stereocenters. The van der Waals surface area contributed by atoms with Crippen molar-refractivity contribution in [2.75, 3.05) is 0 Å². The number of hydrogen-bond acceptors (Lipinski definition) is 2. The number of hydrogen-bond donors (Lipinski definition) is 1. The largest absolute Gasteiger partial charge is 0.477 e. The lowest BCUT2D eigenvalue weighted by atomic mass is 10.2. The number of halogens is 1. The first kappa shape index (κ1) is 8.50. The Balaban J connectivity index is 3.42. The molecule has 0 radical (unpaired) electrons. The van der Waals surface area contributed by atoms with E-state index >= 15 is 0 Å². The Kier molecular flexibility index (Phi) is 2.26. The molecule has 0 unspecified atom stereocenters. The van der Waals surface area contributed by atoms with Crippen molar-refractivity contribution in [3.05, 3.63) is 33.8 Å². The fourth-order valence-corrected chi connectivity index (χ4v) is 1.06. The summed E-state index contributed by atoms with van der Waals surface area (Å²) < 4.78 is 0. The zero-order chi connectivity index (χ0) is 9.14. The van der Waals surface area contributed by atoms with Crippen molar-refractivity contribution in [1.82, 2.24) is 0 Å². The minimum absolute atomic E-state index is 0.0463. The van der Waals surface area contributed by atoms with Crippen molar-refractivity contribution in [1.29, 1.82) is 5.39 Å². The maximum absolute atomic E-state index is 10.5. The normalized spacial score (nSPS) is 9.00. The van der Waals surface area contributed by atoms with Crippen LogP contribution in [-0.2, 0) is 0 Å². The van der Waals surface area contributed by atoms with Crippen LogP contribution >= 0.6 is 11.6 Å². The van der Waals surface area contributed by atoms with Gasteiger partial charge in [0.25, 0.3) is 0 Å². The molecule has 4 nitrogen and oxygen atoms in total. The van der Waals surface area contributed by atoms with E-state index in [2.05, 4.69) is 4.98 Å². The van der Waals surface area contributed by atoms with E-state index in [-0.39, 0.29) is 16.3 Å². The number of rotatable bonds is 1. The Morgan fingerprint density at radius 2 is 2.25 bits per heavy atom. The van der Waals surface area contributed by atoms with Gasteiger partial charge in [0.2, 0.25) is 5.39 Å². The zero-order valence-electron chi connectivity index (χ0n) is 5.86. The Bertz CT molecular complexity index is 370. The van der Waals surface area contributed by atoms with Gasteiger partial charge < -0.3 is 5.11 Å². The summed E-state index contributed by atoms with van der Waals surface area (Å²) >= 11 is 5.55. The minimum Gasteiger partial charge on any atom is -0.477 e. The Morgan fingerprint density at radius 1 is 1.58 bits per heavy atom. The SMILES string of the molecule is N#[N+]c1cccc(Cl)c1C(=O)O. The highest BCUT2D eigenvalue weighted by molar-refractivity contribution is 6.34. The van der Waals surface area contributed by atoms with Crippen molar-refractivity contribution in [2.24, 2.45) is 0 Å². The van der Waals surface area contributed by atoms with Gasteiger partial charge >= 0.3 is 11.7 Å². The van der Waals surface area contributed by atoms with E-state index in [1.807, 2.05) is 0 Å². The predicted octanol–water partition coefficient (Wildman–Crippen LogP) is 2.52. The standard InChI is InChI=1S/C7H3ClN2O2/c8-4-2-1-3-5(10-9)6(4)7(11)12/h1-3H/p+1. The third kappa shape index (κ3) is 1.36. The molecule has 12 heavy (non-hydrogen) atoms. The highest BCUT2D eigenvalue weighted by Gasteiger charge is 2.22. The van der Waals surface area contributed by atoms with Gasteiger partial charge in [-0.2, -0.15) is 0 Å². The molecule has 1 aromatic rings. The lowest BCUT2D eigenvalue weighted by Gasteiger charge is -1.91. The number of diazo groups is 1. The van der Waals surface area contributed by atoms with Crippen LogP contribution in [0.15, 0.2) is 18.2 Å². The Hall–Kier alpha value is -1.60. The lowest BCUT2D eigenvalue weighted by molar-refractivity contribution is 0.0698. The molecule has 60 valence electrons. The van der Waals surface area contributed by atoms with Crippen LogP contribution in [0.1, 0.15) is 10.4 Å². The van der Waals surface area contributed by atoms with Gasteiger partial charge in [-0.05, 0) is 6.07 Å². The minimum atomic E-state index is -1.21. The van der Waals surface area contributed by atoms with Crippen molar-refractivity contribution in [3.8, 4) is 0 Å². The number of aromatic carboxylic acids is 1. The molecule has 0 aliphatic heterocycles. The molecular formula is C7H4ClN2O2+. The molecule has 0 bridgehead atoms. The number of nitrogens with zero attached hydrogens (tertiary/aromatic N) is 2. The van der Waals surface area contributed by atoms with Crippen LogP contribution < -0.4 is 0 Å². The summed E-state index contributed by atoms with van der Waals surface area (Å²) in [5.74, 6) is -1.21. The van der Waals surface area contributed by atoms with Crippen molar-refractivity contribution < 1.29 is 9.90 Å². The number of carboxylic acids is 1. The van der Waals surface area contributed by atoms with Gasteiger partial charge in [-0.1, -0.05) is 17.7 Å². The van der Waals surface area contributed by atoms with Gasteiger partial charge in [-0.15, -0.1) is 0 Å². The predicted molar refractivity (Wildman–Crippen MR) is 43.2 cm³/mol. The van der Waals surface area contributed by atoms with E-state index in [1.54, 1.807) is 0 Å². The summed E-state index contributed by atoms with van der Waals surface area (Å²) in [5.41, 5.74) is -0.239. The van der Waals surface area contributed by atoms with Crippen LogP contribution in [-0.4, -0.2) is 11.1 Å². The molecule has 5 heteroatoms. The monoisotopic (exact) mass is 183 g/mol. The average molecular weight is 184 g/mol. The molecule has 0 saturated carbocycles. The summed E-state index contributed by atoms with van der Waals surface area (Å²) in [6, 6.07) is 4.28. The third-order valence-corrected chi connectivity index (χ3v) is 1.63. The summed E-state index contributed by atoms with van der Waals surface area (Å²) in [6.07, 6.45) is 0. The van der Waals surface area contributed by atoms with Gasteiger partial charge in [0.1, 0.15) is 0 Å². The average Bonchev–Trinajstić information content (AvgIpc) is 2.03. The summed E-state index contributed by atoms with van der Waals surface area (Å²) in [4.78, 5) is 13.3. The van der Waals surface area contributed by atoms with Crippen LogP contribution in [0.5, 0.6) is 0 Å². The molecule has 1 rings (SSSR count). The Morgan fingerprint density at radius 3 is 2.67 bits per heavy atom. The summed E-state index contributed by atoms with van der Waals surface area (Å²) in [5, 5.41) is 17.1. The maximum atomic E-state index is 10.5. The van der Waals surface area contributed by atoms with E-state index in [4.69, 9.17) is 22.1 Å². The highest BCUT2D eigenvalue weighted by Crippen LogP contribution is 2.26. The molecule has 0 fully saturated rings. The maximum Gasteiger partial charge on any atom is 0.401 e. The fraction of sp³-hybridized carbons (Fsp3) is 0. The van der Waals surface area contributed by atoms with Crippen LogP contribution in [0.2, 0.25) is 5.02 Å². The molecule has 1 aromatic carbocycles. The van der Waals surface area contributed by atoms with E-state index in [9.17, 15) is 4.79 Å².